The van der Waals surface area contributed by atoms with Crippen molar-refractivity contribution in [3.05, 3.63) is 23.9 Å². The molecule has 0 spiro atoms. The number of carbonyl (C=O) groups is 1. The number of aliphatic hydroxyl groups is 1. The lowest BCUT2D eigenvalue weighted by molar-refractivity contribution is -0.120. The Morgan fingerprint density at radius 2 is 2.29 bits per heavy atom. The highest BCUT2D eigenvalue weighted by atomic mass is 16.3. The van der Waals surface area contributed by atoms with Gasteiger partial charge in [0.2, 0.25) is 5.91 Å². The molecule has 2 heterocycles. The lowest BCUT2D eigenvalue weighted by Gasteiger charge is -2.20. The smallest absolute Gasteiger partial charge is 0.221 e. The average Bonchev–Trinajstić information content (AvgIpc) is 2.54. The van der Waals surface area contributed by atoms with Crippen LogP contribution in [-0.2, 0) is 4.79 Å². The second-order valence-corrected chi connectivity index (χ2v) is 4.21. The van der Waals surface area contributed by atoms with Gasteiger partial charge in [0.15, 0.2) is 0 Å². The molecular formula is C12H17N3O2. The van der Waals surface area contributed by atoms with Crippen molar-refractivity contribution >= 4 is 11.7 Å². The van der Waals surface area contributed by atoms with Crippen LogP contribution in [0.15, 0.2) is 18.3 Å². The predicted molar refractivity (Wildman–Crippen MR) is 64.7 cm³/mol. The summed E-state index contributed by atoms with van der Waals surface area (Å²) in [6, 6.07) is 3.75. The lowest BCUT2D eigenvalue weighted by Crippen LogP contribution is -2.28. The fraction of sp³-hybridized carbons (Fsp3) is 0.500. The highest BCUT2D eigenvalue weighted by molar-refractivity contribution is 5.77. The van der Waals surface area contributed by atoms with Gasteiger partial charge in [0.25, 0.3) is 0 Å². The molecule has 2 rings (SSSR count). The van der Waals surface area contributed by atoms with E-state index in [0.29, 0.717) is 19.5 Å². The van der Waals surface area contributed by atoms with Gasteiger partial charge < -0.3 is 15.3 Å². The largest absolute Gasteiger partial charge is 0.389 e. The van der Waals surface area contributed by atoms with E-state index in [1.54, 1.807) is 13.1 Å². The summed E-state index contributed by atoms with van der Waals surface area (Å²) in [7, 11) is 0. The van der Waals surface area contributed by atoms with E-state index < -0.39 is 6.10 Å². The number of hydrogen-bond acceptors (Lipinski definition) is 4. The first-order chi connectivity index (χ1) is 8.16. The number of pyridine rings is 1. The van der Waals surface area contributed by atoms with Gasteiger partial charge >= 0.3 is 0 Å². The summed E-state index contributed by atoms with van der Waals surface area (Å²) in [5, 5.41) is 12.2. The Labute approximate surface area is 100 Å². The van der Waals surface area contributed by atoms with Crippen molar-refractivity contribution in [2.75, 3.05) is 24.5 Å². The molecule has 0 radical (unpaired) electrons. The van der Waals surface area contributed by atoms with Crippen LogP contribution >= 0.6 is 0 Å². The highest BCUT2D eigenvalue weighted by Crippen LogP contribution is 2.16. The molecule has 1 aromatic rings. The number of aromatic nitrogens is 1. The molecule has 1 amide bonds. The minimum Gasteiger partial charge on any atom is -0.389 e. The number of hydrogen-bond donors (Lipinski definition) is 2. The predicted octanol–water partition coefficient (Wildman–Crippen LogP) is 0.461. The summed E-state index contributed by atoms with van der Waals surface area (Å²) in [4.78, 5) is 17.6. The molecule has 2 N–H and O–H groups in total. The molecule has 5 nitrogen and oxygen atoms in total. The molecule has 1 fully saturated rings. The molecule has 0 aliphatic carbocycles. The molecule has 1 atom stereocenters. The van der Waals surface area contributed by atoms with Crippen LogP contribution in [0.25, 0.3) is 0 Å². The topological polar surface area (TPSA) is 65.5 Å². The van der Waals surface area contributed by atoms with Gasteiger partial charge in [0.05, 0.1) is 6.10 Å². The van der Waals surface area contributed by atoms with Crippen LogP contribution < -0.4 is 10.2 Å². The summed E-state index contributed by atoms with van der Waals surface area (Å²) >= 11 is 0. The zero-order chi connectivity index (χ0) is 12.3. The zero-order valence-corrected chi connectivity index (χ0v) is 9.89. The van der Waals surface area contributed by atoms with E-state index >= 15 is 0 Å². The number of nitrogens with zero attached hydrogens (tertiary/aromatic N) is 2. The van der Waals surface area contributed by atoms with Crippen molar-refractivity contribution in [3.63, 3.8) is 0 Å². The van der Waals surface area contributed by atoms with Crippen molar-refractivity contribution in [3.8, 4) is 0 Å². The molecule has 17 heavy (non-hydrogen) atoms. The monoisotopic (exact) mass is 235 g/mol. The van der Waals surface area contributed by atoms with Crippen LogP contribution in [0.2, 0.25) is 0 Å². The molecular weight excluding hydrogens is 218 g/mol. The van der Waals surface area contributed by atoms with Gasteiger partial charge in [-0.05, 0) is 18.6 Å². The molecule has 92 valence electrons. The maximum Gasteiger partial charge on any atom is 0.221 e. The van der Waals surface area contributed by atoms with Crippen molar-refractivity contribution in [1.82, 2.24) is 10.3 Å². The number of amides is 1. The number of carbonyl (C=O) groups excluding carboxylic acids is 1. The number of aliphatic hydroxyl groups excluding tert-OH is 1. The van der Waals surface area contributed by atoms with Crippen LogP contribution in [0.5, 0.6) is 0 Å². The van der Waals surface area contributed by atoms with Gasteiger partial charge in [0, 0.05) is 32.3 Å². The normalized spacial score (nSPS) is 18.5. The van der Waals surface area contributed by atoms with E-state index in [1.165, 1.54) is 0 Å². The fourth-order valence-corrected chi connectivity index (χ4v) is 1.83. The van der Waals surface area contributed by atoms with E-state index in [1.807, 2.05) is 12.1 Å². The standard InChI is InChI=1S/C12H17N3O2/c1-9(16)10-2-3-11(14-8-10)15-6-4-12(17)13-5-7-15/h2-3,8-9,16H,4-7H2,1H3,(H,13,17)/t9-/m1/s1. The van der Waals surface area contributed by atoms with E-state index in [2.05, 4.69) is 15.2 Å². The number of rotatable bonds is 2. The van der Waals surface area contributed by atoms with E-state index in [9.17, 15) is 9.90 Å². The Morgan fingerprint density at radius 1 is 1.47 bits per heavy atom. The maximum absolute atomic E-state index is 11.2. The maximum atomic E-state index is 11.2. The van der Waals surface area contributed by atoms with Crippen LogP contribution in [0.1, 0.15) is 25.0 Å². The third-order valence-corrected chi connectivity index (χ3v) is 2.89. The Kier molecular flexibility index (Phi) is 3.58. The van der Waals surface area contributed by atoms with Crippen LogP contribution in [0.4, 0.5) is 5.82 Å². The van der Waals surface area contributed by atoms with Crippen molar-refractivity contribution in [2.45, 2.75) is 19.4 Å². The third-order valence-electron chi connectivity index (χ3n) is 2.89. The SMILES string of the molecule is C[C@@H](O)c1ccc(N2CCNC(=O)CC2)nc1. The van der Waals surface area contributed by atoms with E-state index in [0.717, 1.165) is 17.9 Å². The van der Waals surface area contributed by atoms with Gasteiger partial charge in [0.1, 0.15) is 5.82 Å². The lowest BCUT2D eigenvalue weighted by atomic mass is 10.2. The van der Waals surface area contributed by atoms with E-state index in [-0.39, 0.29) is 5.91 Å². The number of anilines is 1. The van der Waals surface area contributed by atoms with Gasteiger partial charge in [-0.3, -0.25) is 4.79 Å². The molecule has 1 aliphatic heterocycles. The number of nitrogens with one attached hydrogen (secondary N) is 1. The van der Waals surface area contributed by atoms with Crippen LogP contribution in [0.3, 0.4) is 0 Å². The Balaban J connectivity index is 2.08. The summed E-state index contributed by atoms with van der Waals surface area (Å²) in [6.45, 7) is 3.82. The Bertz CT molecular complexity index is 389. The fourth-order valence-electron chi connectivity index (χ4n) is 1.83. The Hall–Kier alpha value is -1.62. The molecule has 1 saturated heterocycles. The first-order valence-electron chi connectivity index (χ1n) is 5.82. The zero-order valence-electron chi connectivity index (χ0n) is 9.89. The molecule has 1 aromatic heterocycles. The van der Waals surface area contributed by atoms with Gasteiger partial charge in [-0.25, -0.2) is 4.98 Å². The van der Waals surface area contributed by atoms with Crippen molar-refractivity contribution in [1.29, 1.82) is 0 Å². The first-order valence-corrected chi connectivity index (χ1v) is 5.82. The van der Waals surface area contributed by atoms with Crippen molar-refractivity contribution < 1.29 is 9.90 Å². The second kappa shape index (κ2) is 5.14. The summed E-state index contributed by atoms with van der Waals surface area (Å²) in [5.74, 6) is 0.944. The van der Waals surface area contributed by atoms with Crippen molar-refractivity contribution in [2.24, 2.45) is 0 Å². The third kappa shape index (κ3) is 2.94. The molecule has 0 saturated carbocycles. The molecule has 1 aliphatic rings. The highest BCUT2D eigenvalue weighted by Gasteiger charge is 2.14. The van der Waals surface area contributed by atoms with Gasteiger partial charge in [-0.1, -0.05) is 6.07 Å². The minimum absolute atomic E-state index is 0.0908. The van der Waals surface area contributed by atoms with Gasteiger partial charge in [-0.15, -0.1) is 0 Å². The summed E-state index contributed by atoms with van der Waals surface area (Å²) < 4.78 is 0. The second-order valence-electron chi connectivity index (χ2n) is 4.21. The van der Waals surface area contributed by atoms with Gasteiger partial charge in [-0.2, -0.15) is 0 Å². The Morgan fingerprint density at radius 3 is 2.94 bits per heavy atom. The molecule has 0 unspecified atom stereocenters. The first kappa shape index (κ1) is 11.9. The molecule has 5 heteroatoms. The minimum atomic E-state index is -0.496. The summed E-state index contributed by atoms with van der Waals surface area (Å²) in [5.41, 5.74) is 0.803. The average molecular weight is 235 g/mol. The van der Waals surface area contributed by atoms with E-state index in [4.69, 9.17) is 0 Å². The quantitative estimate of drug-likeness (QED) is 0.781. The van der Waals surface area contributed by atoms with Crippen LogP contribution in [0, 0.1) is 0 Å². The molecule has 0 aromatic carbocycles. The van der Waals surface area contributed by atoms with Crippen LogP contribution in [-0.4, -0.2) is 35.6 Å². The molecule has 0 bridgehead atoms. The summed E-state index contributed by atoms with van der Waals surface area (Å²) in [6.07, 6.45) is 1.68.